The summed E-state index contributed by atoms with van der Waals surface area (Å²) in [7, 11) is 0. The van der Waals surface area contributed by atoms with Crippen LogP contribution in [0.2, 0.25) is 0 Å². The van der Waals surface area contributed by atoms with Gasteiger partial charge >= 0.3 is 18.2 Å². The largest absolute Gasteiger partial charge is 0.445 e. The predicted molar refractivity (Wildman–Crippen MR) is 102 cm³/mol. The average Bonchev–Trinajstić information content (AvgIpc) is 2.63. The van der Waals surface area contributed by atoms with Gasteiger partial charge in [-0.2, -0.15) is 0 Å². The lowest BCUT2D eigenvalue weighted by molar-refractivity contribution is -0.384. The van der Waals surface area contributed by atoms with Gasteiger partial charge in [0.2, 0.25) is 0 Å². The molecule has 0 saturated heterocycles. The number of nitrogens with zero attached hydrogens (tertiary/aromatic N) is 1. The number of urea groups is 1. The molecule has 0 aromatic heterocycles. The molecule has 160 valence electrons. The van der Waals surface area contributed by atoms with E-state index in [1.54, 1.807) is 20.8 Å². The summed E-state index contributed by atoms with van der Waals surface area (Å²) >= 11 is 0. The summed E-state index contributed by atoms with van der Waals surface area (Å²) in [6.45, 7) is 5.54. The van der Waals surface area contributed by atoms with Crippen LogP contribution in [0.15, 0.2) is 24.3 Å². The summed E-state index contributed by atoms with van der Waals surface area (Å²) in [5.41, 5.74) is 4.10. The molecule has 0 radical (unpaired) electrons. The van der Waals surface area contributed by atoms with Gasteiger partial charge in [-0.05, 0) is 44.9 Å². The fourth-order valence-electron chi connectivity index (χ4n) is 1.85. The zero-order valence-electron chi connectivity index (χ0n) is 16.4. The lowest BCUT2D eigenvalue weighted by atomic mass is 10.2. The van der Waals surface area contributed by atoms with Crippen molar-refractivity contribution in [3.05, 3.63) is 39.9 Å². The molecule has 0 aliphatic rings. The molecule has 0 bridgehead atoms. The van der Waals surface area contributed by atoms with E-state index in [4.69, 9.17) is 9.47 Å². The highest BCUT2D eigenvalue weighted by atomic mass is 16.6. The van der Waals surface area contributed by atoms with Crippen LogP contribution >= 0.6 is 0 Å². The Bertz CT molecular complexity index is 716. The SMILES string of the molecule is CC(C)(C)OC(=O)NNC(=O)NCCCNC(=O)OCc1ccc([N+](=O)[O-])cc1. The maximum absolute atomic E-state index is 11.6. The van der Waals surface area contributed by atoms with Gasteiger partial charge in [0.1, 0.15) is 12.2 Å². The minimum absolute atomic E-state index is 0.0270. The van der Waals surface area contributed by atoms with Gasteiger partial charge in [0.05, 0.1) is 4.92 Å². The second-order valence-corrected chi connectivity index (χ2v) is 6.79. The molecule has 0 saturated carbocycles. The quantitative estimate of drug-likeness (QED) is 0.303. The Morgan fingerprint density at radius 1 is 1.00 bits per heavy atom. The molecule has 1 aromatic rings. The first-order chi connectivity index (χ1) is 13.6. The summed E-state index contributed by atoms with van der Waals surface area (Å²) < 4.78 is 9.92. The first-order valence-corrected chi connectivity index (χ1v) is 8.73. The first-order valence-electron chi connectivity index (χ1n) is 8.73. The molecule has 12 heteroatoms. The van der Waals surface area contributed by atoms with E-state index in [9.17, 15) is 24.5 Å². The molecule has 1 aromatic carbocycles. The van der Waals surface area contributed by atoms with Crippen LogP contribution in [0.1, 0.15) is 32.8 Å². The molecule has 0 aliphatic carbocycles. The van der Waals surface area contributed by atoms with Gasteiger partial charge < -0.3 is 20.1 Å². The van der Waals surface area contributed by atoms with Gasteiger partial charge in [-0.1, -0.05) is 0 Å². The molecule has 0 fully saturated rings. The number of carbonyl (C=O) groups excluding carboxylic acids is 3. The van der Waals surface area contributed by atoms with E-state index in [0.29, 0.717) is 12.0 Å². The number of nitro groups is 1. The molecule has 0 heterocycles. The van der Waals surface area contributed by atoms with Crippen LogP contribution in [0.4, 0.5) is 20.1 Å². The fourth-order valence-corrected chi connectivity index (χ4v) is 1.85. The van der Waals surface area contributed by atoms with E-state index in [0.717, 1.165) is 0 Å². The number of ether oxygens (including phenoxy) is 2. The minimum Gasteiger partial charge on any atom is -0.445 e. The first kappa shape index (κ1) is 23.5. The van der Waals surface area contributed by atoms with E-state index in [-0.39, 0.29) is 25.4 Å². The Labute approximate surface area is 167 Å². The average molecular weight is 411 g/mol. The highest BCUT2D eigenvalue weighted by Crippen LogP contribution is 2.12. The number of nitrogens with one attached hydrogen (secondary N) is 4. The van der Waals surface area contributed by atoms with Gasteiger partial charge in [-0.3, -0.25) is 10.1 Å². The van der Waals surface area contributed by atoms with Gasteiger partial charge in [-0.25, -0.2) is 25.2 Å². The molecule has 0 unspecified atom stereocenters. The van der Waals surface area contributed by atoms with Crippen molar-refractivity contribution in [3.8, 4) is 0 Å². The summed E-state index contributed by atoms with van der Waals surface area (Å²) in [6, 6.07) is 5.02. The molecular formula is C17H25N5O7. The van der Waals surface area contributed by atoms with E-state index >= 15 is 0 Å². The van der Waals surface area contributed by atoms with Gasteiger partial charge in [0.25, 0.3) is 5.69 Å². The monoisotopic (exact) mass is 411 g/mol. The molecule has 29 heavy (non-hydrogen) atoms. The van der Waals surface area contributed by atoms with Crippen LogP contribution in [0, 0.1) is 10.1 Å². The van der Waals surface area contributed by atoms with Gasteiger partial charge in [-0.15, -0.1) is 0 Å². The van der Waals surface area contributed by atoms with E-state index in [1.165, 1.54) is 24.3 Å². The molecule has 0 spiro atoms. The lowest BCUT2D eigenvalue weighted by Gasteiger charge is -2.19. The Morgan fingerprint density at radius 2 is 1.62 bits per heavy atom. The number of hydrazine groups is 1. The minimum atomic E-state index is -0.787. The Morgan fingerprint density at radius 3 is 2.21 bits per heavy atom. The molecule has 12 nitrogen and oxygen atoms in total. The van der Waals surface area contributed by atoms with Crippen molar-refractivity contribution in [2.75, 3.05) is 13.1 Å². The molecule has 4 amide bonds. The van der Waals surface area contributed by atoms with E-state index < -0.39 is 28.7 Å². The van der Waals surface area contributed by atoms with Crippen molar-refractivity contribution < 1.29 is 28.8 Å². The van der Waals surface area contributed by atoms with Crippen LogP contribution in [0.5, 0.6) is 0 Å². The third kappa shape index (κ3) is 11.0. The standard InChI is InChI=1S/C17H25N5O7/c1-17(2,3)29-16(25)21-20-14(23)18-9-4-10-19-15(24)28-11-12-5-7-13(8-6-12)22(26)27/h5-8H,4,9-11H2,1-3H3,(H,19,24)(H,21,25)(H2,18,20,23). The predicted octanol–water partition coefficient (Wildman–Crippen LogP) is 1.95. The Hall–Kier alpha value is -3.57. The highest BCUT2D eigenvalue weighted by molar-refractivity contribution is 5.77. The van der Waals surface area contributed by atoms with Crippen molar-refractivity contribution in [1.29, 1.82) is 0 Å². The maximum Gasteiger partial charge on any atom is 0.426 e. The Kier molecular flexibility index (Phi) is 9.16. The van der Waals surface area contributed by atoms with Gasteiger partial charge in [0, 0.05) is 25.2 Å². The lowest BCUT2D eigenvalue weighted by Crippen LogP contribution is -2.48. The van der Waals surface area contributed by atoms with Crippen molar-refractivity contribution >= 4 is 23.9 Å². The van der Waals surface area contributed by atoms with Crippen molar-refractivity contribution in [1.82, 2.24) is 21.5 Å². The summed E-state index contributed by atoms with van der Waals surface area (Å²) in [4.78, 5) is 44.5. The number of benzene rings is 1. The van der Waals surface area contributed by atoms with E-state index in [2.05, 4.69) is 21.5 Å². The number of amides is 4. The summed E-state index contributed by atoms with van der Waals surface area (Å²) in [5.74, 6) is 0. The summed E-state index contributed by atoms with van der Waals surface area (Å²) in [6.07, 6.45) is -1.02. The van der Waals surface area contributed by atoms with Crippen LogP contribution in [0.3, 0.4) is 0 Å². The number of carbonyl (C=O) groups is 3. The molecular weight excluding hydrogens is 386 g/mol. The van der Waals surface area contributed by atoms with Crippen molar-refractivity contribution in [3.63, 3.8) is 0 Å². The number of nitro benzene ring substituents is 1. The number of alkyl carbamates (subject to hydrolysis) is 1. The maximum atomic E-state index is 11.6. The van der Waals surface area contributed by atoms with Crippen LogP contribution in [-0.2, 0) is 16.1 Å². The third-order valence-electron chi connectivity index (χ3n) is 3.10. The van der Waals surface area contributed by atoms with Crippen LogP contribution < -0.4 is 21.5 Å². The smallest absolute Gasteiger partial charge is 0.426 e. The summed E-state index contributed by atoms with van der Waals surface area (Å²) in [5, 5.41) is 15.5. The highest BCUT2D eigenvalue weighted by Gasteiger charge is 2.16. The number of hydrogen-bond donors (Lipinski definition) is 4. The van der Waals surface area contributed by atoms with Gasteiger partial charge in [0.15, 0.2) is 0 Å². The molecule has 4 N–H and O–H groups in total. The molecule has 0 atom stereocenters. The topological polar surface area (TPSA) is 161 Å². The second-order valence-electron chi connectivity index (χ2n) is 6.79. The van der Waals surface area contributed by atoms with Crippen LogP contribution in [0.25, 0.3) is 0 Å². The molecule has 0 aliphatic heterocycles. The van der Waals surface area contributed by atoms with Crippen molar-refractivity contribution in [2.45, 2.75) is 39.4 Å². The normalized spacial score (nSPS) is 10.4. The third-order valence-corrected chi connectivity index (χ3v) is 3.10. The zero-order chi connectivity index (χ0) is 21.9. The molecule has 1 rings (SSSR count). The Balaban J connectivity index is 2.10. The van der Waals surface area contributed by atoms with Crippen molar-refractivity contribution in [2.24, 2.45) is 0 Å². The number of non-ortho nitro benzene ring substituents is 1. The van der Waals surface area contributed by atoms with E-state index in [1.807, 2.05) is 0 Å². The zero-order valence-corrected chi connectivity index (χ0v) is 16.4. The van der Waals surface area contributed by atoms with Crippen LogP contribution in [-0.4, -0.2) is 41.8 Å². The number of hydrogen-bond acceptors (Lipinski definition) is 7. The fraction of sp³-hybridized carbons (Fsp3) is 0.471. The second kappa shape index (κ2) is 11.3. The number of rotatable bonds is 7.